The molecule has 0 amide bonds. The van der Waals surface area contributed by atoms with Crippen molar-refractivity contribution in [2.45, 2.75) is 12.8 Å². The average Bonchev–Trinajstić information content (AvgIpc) is 2.39. The molecular weight excluding hydrogens is 254 g/mol. The van der Waals surface area contributed by atoms with Crippen molar-refractivity contribution in [2.24, 2.45) is 11.7 Å². The second-order valence-corrected chi connectivity index (χ2v) is 4.99. The number of anilines is 1. The van der Waals surface area contributed by atoms with Gasteiger partial charge in [0.15, 0.2) is 0 Å². The molecule has 0 spiro atoms. The van der Waals surface area contributed by atoms with E-state index in [-0.39, 0.29) is 10.6 Å². The van der Waals surface area contributed by atoms with Crippen molar-refractivity contribution in [3.8, 4) is 0 Å². The molecule has 0 aliphatic carbocycles. The maximum Gasteiger partial charge on any atom is 0.294 e. The minimum atomic E-state index is -0.379. The van der Waals surface area contributed by atoms with Crippen molar-refractivity contribution in [1.82, 2.24) is 0 Å². The van der Waals surface area contributed by atoms with Gasteiger partial charge in [-0.25, -0.2) is 0 Å². The van der Waals surface area contributed by atoms with Gasteiger partial charge in [-0.15, -0.1) is 0 Å². The van der Waals surface area contributed by atoms with Crippen LogP contribution < -0.4 is 10.6 Å². The second-order valence-electron chi connectivity index (χ2n) is 4.56. The number of rotatable bonds is 3. The lowest BCUT2D eigenvalue weighted by molar-refractivity contribution is -0.384. The van der Waals surface area contributed by atoms with Crippen molar-refractivity contribution in [3.63, 3.8) is 0 Å². The zero-order valence-electron chi connectivity index (χ0n) is 10.0. The molecule has 1 aliphatic heterocycles. The van der Waals surface area contributed by atoms with Crippen molar-refractivity contribution in [1.29, 1.82) is 0 Å². The van der Waals surface area contributed by atoms with E-state index in [0.717, 1.165) is 25.9 Å². The Balaban J connectivity index is 2.21. The standard InChI is InChI=1S/C12H16ClN3O2/c13-10-1-2-11(12(7-10)16(17)18)15-5-3-9(8-14)4-6-15/h1-2,7,9H,3-6,8,14H2. The molecule has 2 N–H and O–H groups in total. The molecule has 0 aromatic heterocycles. The van der Waals surface area contributed by atoms with Gasteiger partial charge in [0.1, 0.15) is 5.69 Å². The monoisotopic (exact) mass is 269 g/mol. The van der Waals surface area contributed by atoms with Crippen LogP contribution in [0.2, 0.25) is 5.02 Å². The summed E-state index contributed by atoms with van der Waals surface area (Å²) in [7, 11) is 0. The Kier molecular flexibility index (Phi) is 4.04. The summed E-state index contributed by atoms with van der Waals surface area (Å²) in [5.74, 6) is 0.535. The summed E-state index contributed by atoms with van der Waals surface area (Å²) in [5, 5.41) is 11.4. The molecule has 1 aromatic carbocycles. The summed E-state index contributed by atoms with van der Waals surface area (Å²) in [5.41, 5.74) is 6.37. The molecule has 6 heteroatoms. The number of nitro groups is 1. The van der Waals surface area contributed by atoms with E-state index < -0.39 is 0 Å². The maximum absolute atomic E-state index is 11.0. The fourth-order valence-corrected chi connectivity index (χ4v) is 2.49. The van der Waals surface area contributed by atoms with Gasteiger partial charge in [-0.2, -0.15) is 0 Å². The Morgan fingerprint density at radius 2 is 2.11 bits per heavy atom. The van der Waals surface area contributed by atoms with E-state index in [1.807, 2.05) is 4.90 Å². The number of piperidine rings is 1. The first kappa shape index (κ1) is 13.1. The Hall–Kier alpha value is -1.33. The zero-order valence-corrected chi connectivity index (χ0v) is 10.8. The maximum atomic E-state index is 11.0. The summed E-state index contributed by atoms with van der Waals surface area (Å²) >= 11 is 5.81. The van der Waals surface area contributed by atoms with Crippen LogP contribution in [-0.2, 0) is 0 Å². The van der Waals surface area contributed by atoms with Crippen LogP contribution in [0.4, 0.5) is 11.4 Å². The summed E-state index contributed by atoms with van der Waals surface area (Å²) in [6, 6.07) is 4.83. The molecule has 0 bridgehead atoms. The van der Waals surface area contributed by atoms with Crippen LogP contribution in [0.25, 0.3) is 0 Å². The number of nitro benzene ring substituents is 1. The molecule has 0 atom stereocenters. The van der Waals surface area contributed by atoms with E-state index in [1.54, 1.807) is 12.1 Å². The predicted octanol–water partition coefficient (Wildman–Crippen LogP) is 2.42. The molecule has 0 saturated carbocycles. The van der Waals surface area contributed by atoms with Crippen LogP contribution in [0.5, 0.6) is 0 Å². The number of hydrogen-bond donors (Lipinski definition) is 1. The Morgan fingerprint density at radius 3 is 2.67 bits per heavy atom. The summed E-state index contributed by atoms with van der Waals surface area (Å²) in [6.07, 6.45) is 1.96. The molecule has 18 heavy (non-hydrogen) atoms. The van der Waals surface area contributed by atoms with Gasteiger partial charge in [0.2, 0.25) is 0 Å². The highest BCUT2D eigenvalue weighted by atomic mass is 35.5. The number of hydrogen-bond acceptors (Lipinski definition) is 4. The van der Waals surface area contributed by atoms with E-state index in [0.29, 0.717) is 23.2 Å². The van der Waals surface area contributed by atoms with Gasteiger partial charge < -0.3 is 10.6 Å². The first-order chi connectivity index (χ1) is 8.61. The SMILES string of the molecule is NCC1CCN(c2ccc(Cl)cc2[N+](=O)[O-])CC1. The molecule has 0 radical (unpaired) electrons. The van der Waals surface area contributed by atoms with Crippen molar-refractivity contribution in [3.05, 3.63) is 33.3 Å². The number of halogens is 1. The Morgan fingerprint density at radius 1 is 1.44 bits per heavy atom. The van der Waals surface area contributed by atoms with E-state index in [4.69, 9.17) is 17.3 Å². The predicted molar refractivity (Wildman–Crippen MR) is 72.1 cm³/mol. The van der Waals surface area contributed by atoms with Crippen molar-refractivity contribution < 1.29 is 4.92 Å². The van der Waals surface area contributed by atoms with Gasteiger partial charge in [-0.1, -0.05) is 11.6 Å². The smallest absolute Gasteiger partial charge is 0.294 e. The average molecular weight is 270 g/mol. The molecule has 0 unspecified atom stereocenters. The van der Waals surface area contributed by atoms with E-state index in [2.05, 4.69) is 0 Å². The van der Waals surface area contributed by atoms with Gasteiger partial charge in [0.25, 0.3) is 5.69 Å². The first-order valence-corrected chi connectivity index (χ1v) is 6.38. The topological polar surface area (TPSA) is 72.4 Å². The summed E-state index contributed by atoms with van der Waals surface area (Å²) in [6.45, 7) is 2.31. The van der Waals surface area contributed by atoms with Gasteiger partial charge in [-0.3, -0.25) is 10.1 Å². The normalized spacial score (nSPS) is 16.9. The first-order valence-electron chi connectivity index (χ1n) is 6.00. The van der Waals surface area contributed by atoms with Crippen molar-refractivity contribution >= 4 is 23.0 Å². The molecule has 1 heterocycles. The van der Waals surface area contributed by atoms with Crippen LogP contribution in [0.3, 0.4) is 0 Å². The summed E-state index contributed by atoms with van der Waals surface area (Å²) in [4.78, 5) is 12.7. The second kappa shape index (κ2) is 5.54. The van der Waals surface area contributed by atoms with E-state index in [9.17, 15) is 10.1 Å². The number of nitrogens with zero attached hydrogens (tertiary/aromatic N) is 2. The lowest BCUT2D eigenvalue weighted by Crippen LogP contribution is -2.36. The molecule has 1 saturated heterocycles. The molecule has 98 valence electrons. The fourth-order valence-electron chi connectivity index (χ4n) is 2.32. The lowest BCUT2D eigenvalue weighted by atomic mass is 9.96. The Labute approximate surface area is 111 Å². The van der Waals surface area contributed by atoms with Crippen LogP contribution in [0.15, 0.2) is 18.2 Å². The molecule has 1 fully saturated rings. The van der Waals surface area contributed by atoms with Crippen LogP contribution in [-0.4, -0.2) is 24.6 Å². The Bertz CT molecular complexity index is 445. The van der Waals surface area contributed by atoms with Crippen LogP contribution >= 0.6 is 11.6 Å². The van der Waals surface area contributed by atoms with Crippen LogP contribution in [0.1, 0.15) is 12.8 Å². The molecular formula is C12H16ClN3O2. The number of benzene rings is 1. The molecule has 1 aromatic rings. The summed E-state index contributed by atoms with van der Waals surface area (Å²) < 4.78 is 0. The van der Waals surface area contributed by atoms with E-state index in [1.165, 1.54) is 6.07 Å². The van der Waals surface area contributed by atoms with Gasteiger partial charge >= 0.3 is 0 Å². The minimum Gasteiger partial charge on any atom is -0.366 e. The van der Waals surface area contributed by atoms with E-state index >= 15 is 0 Å². The van der Waals surface area contributed by atoms with Gasteiger partial charge in [-0.05, 0) is 37.4 Å². The number of nitrogens with two attached hydrogens (primary N) is 1. The third kappa shape index (κ3) is 2.73. The quantitative estimate of drug-likeness (QED) is 0.676. The highest BCUT2D eigenvalue weighted by molar-refractivity contribution is 6.30. The largest absolute Gasteiger partial charge is 0.366 e. The van der Waals surface area contributed by atoms with Gasteiger partial charge in [0, 0.05) is 24.2 Å². The third-order valence-electron chi connectivity index (χ3n) is 3.42. The highest BCUT2D eigenvalue weighted by Gasteiger charge is 2.24. The lowest BCUT2D eigenvalue weighted by Gasteiger charge is -2.32. The zero-order chi connectivity index (χ0) is 13.1. The molecule has 1 aliphatic rings. The highest BCUT2D eigenvalue weighted by Crippen LogP contribution is 2.33. The van der Waals surface area contributed by atoms with Crippen molar-refractivity contribution in [2.75, 3.05) is 24.5 Å². The third-order valence-corrected chi connectivity index (χ3v) is 3.66. The molecule has 2 rings (SSSR count). The van der Waals surface area contributed by atoms with Gasteiger partial charge in [0.05, 0.1) is 4.92 Å². The van der Waals surface area contributed by atoms with Crippen LogP contribution in [0, 0.1) is 16.0 Å². The molecule has 5 nitrogen and oxygen atoms in total. The fraction of sp³-hybridized carbons (Fsp3) is 0.500. The minimum absolute atomic E-state index is 0.0775.